The number of benzene rings is 1. The lowest BCUT2D eigenvalue weighted by atomic mass is 9.93. The molecule has 2 N–H and O–H groups in total. The second-order valence-corrected chi connectivity index (χ2v) is 9.10. The SMILES string of the molecule is CS(=O)(=O)CCOc1ccc(Cl)cc1NC(=O)CCC1CCNCC1. The third-order valence-electron chi connectivity index (χ3n) is 4.17. The Kier molecular flexibility index (Phi) is 7.53. The van der Waals surface area contributed by atoms with Gasteiger partial charge in [-0.3, -0.25) is 4.79 Å². The van der Waals surface area contributed by atoms with Gasteiger partial charge in [0.15, 0.2) is 9.84 Å². The highest BCUT2D eigenvalue weighted by Crippen LogP contribution is 2.28. The Balaban J connectivity index is 1.90. The molecule has 25 heavy (non-hydrogen) atoms. The molecule has 8 heteroatoms. The van der Waals surface area contributed by atoms with Gasteiger partial charge in [-0.1, -0.05) is 11.6 Å². The molecule has 1 saturated heterocycles. The normalized spacial score (nSPS) is 15.8. The molecule has 0 aromatic heterocycles. The van der Waals surface area contributed by atoms with Gasteiger partial charge in [0.2, 0.25) is 5.91 Å². The lowest BCUT2D eigenvalue weighted by molar-refractivity contribution is -0.116. The first kappa shape index (κ1) is 20.0. The fraction of sp³-hybridized carbons (Fsp3) is 0.588. The molecule has 1 amide bonds. The van der Waals surface area contributed by atoms with Crippen molar-refractivity contribution in [2.45, 2.75) is 25.7 Å². The van der Waals surface area contributed by atoms with Gasteiger partial charge in [0.25, 0.3) is 0 Å². The molecule has 0 radical (unpaired) electrons. The molecule has 6 nitrogen and oxygen atoms in total. The number of hydrogen-bond acceptors (Lipinski definition) is 5. The lowest BCUT2D eigenvalue weighted by Gasteiger charge is -2.22. The largest absolute Gasteiger partial charge is 0.490 e. The minimum Gasteiger partial charge on any atom is -0.490 e. The molecule has 0 saturated carbocycles. The highest BCUT2D eigenvalue weighted by Gasteiger charge is 2.16. The summed E-state index contributed by atoms with van der Waals surface area (Å²) in [6.07, 6.45) is 4.66. The van der Waals surface area contributed by atoms with Crippen molar-refractivity contribution in [2.75, 3.05) is 37.0 Å². The van der Waals surface area contributed by atoms with E-state index in [0.29, 0.717) is 28.8 Å². The number of carbonyl (C=O) groups excluding carboxylic acids is 1. The molecule has 140 valence electrons. The predicted molar refractivity (Wildman–Crippen MR) is 100 cm³/mol. The van der Waals surface area contributed by atoms with Crippen LogP contribution in [0.2, 0.25) is 5.02 Å². The van der Waals surface area contributed by atoms with Crippen molar-refractivity contribution in [2.24, 2.45) is 5.92 Å². The van der Waals surface area contributed by atoms with Crippen molar-refractivity contribution < 1.29 is 17.9 Å². The first-order valence-corrected chi connectivity index (χ1v) is 10.9. The van der Waals surface area contributed by atoms with Crippen molar-refractivity contribution in [3.63, 3.8) is 0 Å². The Bertz CT molecular complexity index is 688. The Hall–Kier alpha value is -1.31. The Morgan fingerprint density at radius 2 is 2.08 bits per heavy atom. The van der Waals surface area contributed by atoms with Crippen LogP contribution in [0, 0.1) is 5.92 Å². The molecule has 0 aliphatic carbocycles. The molecule has 1 aliphatic heterocycles. The molecule has 2 rings (SSSR count). The summed E-state index contributed by atoms with van der Waals surface area (Å²) in [6, 6.07) is 4.88. The van der Waals surface area contributed by atoms with Gasteiger partial charge in [0, 0.05) is 17.7 Å². The van der Waals surface area contributed by atoms with Crippen LogP contribution in [0.5, 0.6) is 5.75 Å². The van der Waals surface area contributed by atoms with E-state index in [1.165, 1.54) is 0 Å². The summed E-state index contributed by atoms with van der Waals surface area (Å²) in [5.74, 6) is 0.826. The van der Waals surface area contributed by atoms with Crippen molar-refractivity contribution in [3.8, 4) is 5.75 Å². The van der Waals surface area contributed by atoms with Crippen LogP contribution in [0.3, 0.4) is 0 Å². The summed E-state index contributed by atoms with van der Waals surface area (Å²) in [5, 5.41) is 6.61. The van der Waals surface area contributed by atoms with E-state index in [-0.39, 0.29) is 18.3 Å². The molecule has 0 bridgehead atoms. The number of rotatable bonds is 8. The van der Waals surface area contributed by atoms with E-state index < -0.39 is 9.84 Å². The number of piperidine rings is 1. The summed E-state index contributed by atoms with van der Waals surface area (Å²) < 4.78 is 27.9. The average molecular weight is 389 g/mol. The predicted octanol–water partition coefficient (Wildman–Crippen LogP) is 2.48. The maximum Gasteiger partial charge on any atom is 0.224 e. The topological polar surface area (TPSA) is 84.5 Å². The Morgan fingerprint density at radius 3 is 2.76 bits per heavy atom. The summed E-state index contributed by atoms with van der Waals surface area (Å²) >= 11 is 6.00. The standard InChI is InChI=1S/C17H25ClN2O4S/c1-25(22,23)11-10-24-16-4-3-14(18)12-15(16)20-17(21)5-2-13-6-8-19-9-7-13/h3-4,12-13,19H,2,5-11H2,1H3,(H,20,21). The van der Waals surface area contributed by atoms with Gasteiger partial charge in [-0.2, -0.15) is 0 Å². The number of sulfone groups is 1. The van der Waals surface area contributed by atoms with Crippen molar-refractivity contribution in [3.05, 3.63) is 23.2 Å². The number of carbonyl (C=O) groups is 1. The van der Waals surface area contributed by atoms with Crippen LogP contribution in [-0.4, -0.2) is 46.0 Å². The van der Waals surface area contributed by atoms with Crippen LogP contribution in [0.4, 0.5) is 5.69 Å². The van der Waals surface area contributed by atoms with Crippen LogP contribution in [0.15, 0.2) is 18.2 Å². The molecule has 1 aromatic carbocycles. The van der Waals surface area contributed by atoms with Crippen LogP contribution in [0.25, 0.3) is 0 Å². The Morgan fingerprint density at radius 1 is 1.36 bits per heavy atom. The van der Waals surface area contributed by atoms with Crippen LogP contribution < -0.4 is 15.4 Å². The minimum absolute atomic E-state index is 0.0262. The number of hydrogen-bond donors (Lipinski definition) is 2. The van der Waals surface area contributed by atoms with Gasteiger partial charge in [-0.25, -0.2) is 8.42 Å². The van der Waals surface area contributed by atoms with Gasteiger partial charge in [-0.15, -0.1) is 0 Å². The van der Waals surface area contributed by atoms with E-state index in [4.69, 9.17) is 16.3 Å². The Labute approximate surface area is 154 Å². The molecular formula is C17H25ClN2O4S. The van der Waals surface area contributed by atoms with Gasteiger partial charge < -0.3 is 15.4 Å². The monoisotopic (exact) mass is 388 g/mol. The summed E-state index contributed by atoms with van der Waals surface area (Å²) in [6.45, 7) is 2.05. The second-order valence-electron chi connectivity index (χ2n) is 6.40. The van der Waals surface area contributed by atoms with E-state index in [2.05, 4.69) is 10.6 Å². The van der Waals surface area contributed by atoms with E-state index in [1.54, 1.807) is 18.2 Å². The minimum atomic E-state index is -3.10. The number of nitrogens with one attached hydrogen (secondary N) is 2. The molecule has 1 fully saturated rings. The van der Waals surface area contributed by atoms with Crippen molar-refractivity contribution in [1.29, 1.82) is 0 Å². The molecule has 0 spiro atoms. The highest BCUT2D eigenvalue weighted by molar-refractivity contribution is 7.90. The molecule has 1 heterocycles. The zero-order chi connectivity index (χ0) is 18.3. The number of amides is 1. The zero-order valence-electron chi connectivity index (χ0n) is 14.4. The van der Waals surface area contributed by atoms with Gasteiger partial charge in [-0.05, 0) is 56.5 Å². The fourth-order valence-electron chi connectivity index (χ4n) is 2.75. The van der Waals surface area contributed by atoms with Gasteiger partial charge in [0.1, 0.15) is 12.4 Å². The molecule has 1 aromatic rings. The van der Waals surface area contributed by atoms with Crippen LogP contribution >= 0.6 is 11.6 Å². The average Bonchev–Trinajstić information content (AvgIpc) is 2.55. The molecular weight excluding hydrogens is 364 g/mol. The van der Waals surface area contributed by atoms with Crippen LogP contribution in [-0.2, 0) is 14.6 Å². The molecule has 1 aliphatic rings. The van der Waals surface area contributed by atoms with Gasteiger partial charge >= 0.3 is 0 Å². The molecule has 0 atom stereocenters. The maximum absolute atomic E-state index is 12.2. The number of anilines is 1. The number of ether oxygens (including phenoxy) is 1. The third kappa shape index (κ3) is 7.63. The third-order valence-corrected chi connectivity index (χ3v) is 5.31. The fourth-order valence-corrected chi connectivity index (χ4v) is 3.31. The maximum atomic E-state index is 12.2. The quantitative estimate of drug-likeness (QED) is 0.714. The van der Waals surface area contributed by atoms with E-state index >= 15 is 0 Å². The van der Waals surface area contributed by atoms with E-state index in [0.717, 1.165) is 38.6 Å². The lowest BCUT2D eigenvalue weighted by Crippen LogP contribution is -2.28. The van der Waals surface area contributed by atoms with E-state index in [1.807, 2.05) is 0 Å². The summed E-state index contributed by atoms with van der Waals surface area (Å²) in [5.41, 5.74) is 0.469. The second kappa shape index (κ2) is 9.40. The first-order chi connectivity index (χ1) is 11.8. The molecule has 0 unspecified atom stereocenters. The van der Waals surface area contributed by atoms with Crippen LogP contribution in [0.1, 0.15) is 25.7 Å². The summed E-state index contributed by atoms with van der Waals surface area (Å²) in [7, 11) is -3.10. The zero-order valence-corrected chi connectivity index (χ0v) is 16.0. The van der Waals surface area contributed by atoms with Gasteiger partial charge in [0.05, 0.1) is 11.4 Å². The number of halogens is 1. The van der Waals surface area contributed by atoms with Crippen molar-refractivity contribution >= 4 is 33.0 Å². The first-order valence-electron chi connectivity index (χ1n) is 8.44. The van der Waals surface area contributed by atoms with Crippen molar-refractivity contribution in [1.82, 2.24) is 5.32 Å². The highest BCUT2D eigenvalue weighted by atomic mass is 35.5. The van der Waals surface area contributed by atoms with E-state index in [9.17, 15) is 13.2 Å². The summed E-state index contributed by atoms with van der Waals surface area (Å²) in [4.78, 5) is 12.2. The smallest absolute Gasteiger partial charge is 0.224 e.